The van der Waals surface area contributed by atoms with E-state index in [1.807, 2.05) is 17.9 Å². The van der Waals surface area contributed by atoms with Gasteiger partial charge < -0.3 is 10.2 Å². The lowest BCUT2D eigenvalue weighted by Gasteiger charge is -2.43. The molecule has 0 saturated carbocycles. The van der Waals surface area contributed by atoms with Gasteiger partial charge in [0.2, 0.25) is 0 Å². The van der Waals surface area contributed by atoms with Crippen molar-refractivity contribution in [2.75, 3.05) is 4.90 Å². The van der Waals surface area contributed by atoms with Crippen LogP contribution in [0.1, 0.15) is 49.8 Å². The van der Waals surface area contributed by atoms with E-state index < -0.39 is 0 Å². The Morgan fingerprint density at radius 2 is 2.04 bits per heavy atom. The molecule has 0 radical (unpaired) electrons. The number of hydrogen-bond donors (Lipinski definition) is 1. The zero-order valence-electron chi connectivity index (χ0n) is 14.0. The quantitative estimate of drug-likeness (QED) is 0.570. The van der Waals surface area contributed by atoms with E-state index in [9.17, 15) is 9.59 Å². The number of nitrogens with zero attached hydrogens (tertiary/aromatic N) is 1. The summed E-state index contributed by atoms with van der Waals surface area (Å²) in [5, 5.41) is 2.63. The van der Waals surface area contributed by atoms with Gasteiger partial charge in [-0.3, -0.25) is 9.59 Å². The van der Waals surface area contributed by atoms with Gasteiger partial charge in [0, 0.05) is 11.1 Å². The van der Waals surface area contributed by atoms with Gasteiger partial charge in [0.25, 0.3) is 11.8 Å². The van der Waals surface area contributed by atoms with Crippen LogP contribution < -0.4 is 10.2 Å². The number of rotatable bonds is 0. The highest BCUT2D eigenvalue weighted by Gasteiger charge is 2.49. The molecule has 6 heteroatoms. The SMILES string of the molecule is Cc1cc2c3c(c1)[C@H](C)CC(C)(C)N3C(=O)/C2=C1\SC(=S)NC1=O. The third-order valence-electron chi connectivity index (χ3n) is 4.98. The van der Waals surface area contributed by atoms with Crippen LogP contribution in [0.3, 0.4) is 0 Å². The van der Waals surface area contributed by atoms with Crippen LogP contribution in [0.2, 0.25) is 0 Å². The lowest BCUT2D eigenvalue weighted by atomic mass is 9.80. The number of nitrogens with one attached hydrogen (secondary N) is 1. The van der Waals surface area contributed by atoms with Crippen LogP contribution >= 0.6 is 24.0 Å². The van der Waals surface area contributed by atoms with Gasteiger partial charge in [-0.15, -0.1) is 0 Å². The van der Waals surface area contributed by atoms with Gasteiger partial charge in [-0.1, -0.05) is 42.5 Å². The van der Waals surface area contributed by atoms with Crippen molar-refractivity contribution in [2.45, 2.75) is 45.6 Å². The van der Waals surface area contributed by atoms with E-state index in [0.29, 0.717) is 20.7 Å². The number of aryl methyl sites for hydroxylation is 1. The molecule has 3 heterocycles. The van der Waals surface area contributed by atoms with Crippen molar-refractivity contribution in [3.05, 3.63) is 33.7 Å². The van der Waals surface area contributed by atoms with E-state index >= 15 is 0 Å². The Bertz CT molecular complexity index is 870. The second-order valence-corrected chi connectivity index (χ2v) is 9.04. The molecule has 1 aromatic rings. The summed E-state index contributed by atoms with van der Waals surface area (Å²) in [5.74, 6) is 0.0126. The summed E-state index contributed by atoms with van der Waals surface area (Å²) in [6.45, 7) is 8.42. The number of anilines is 1. The lowest BCUT2D eigenvalue weighted by molar-refractivity contribution is -0.116. The standard InChI is InChI=1S/C18H18N2O2S2/c1-8-5-10-9(2)7-18(3,4)20-13(10)11(6-8)12(16(20)22)14-15(21)19-17(23)24-14/h5-6,9H,7H2,1-4H3,(H,19,21,23)/b14-12-/t9-/m1/s1. The van der Waals surface area contributed by atoms with Crippen LogP contribution in [0.25, 0.3) is 5.57 Å². The molecule has 1 aromatic carbocycles. The van der Waals surface area contributed by atoms with Crippen LogP contribution in [0.15, 0.2) is 17.0 Å². The Hall–Kier alpha value is -1.66. The summed E-state index contributed by atoms with van der Waals surface area (Å²) >= 11 is 6.29. The molecular formula is C18H18N2O2S2. The zero-order chi connectivity index (χ0) is 17.4. The van der Waals surface area contributed by atoms with E-state index in [1.54, 1.807) is 0 Å². The Kier molecular flexibility index (Phi) is 3.25. The minimum absolute atomic E-state index is 0.0869. The second-order valence-electron chi connectivity index (χ2n) is 7.36. The Morgan fingerprint density at radius 3 is 2.67 bits per heavy atom. The van der Waals surface area contributed by atoms with E-state index in [-0.39, 0.29) is 17.4 Å². The molecule has 0 unspecified atom stereocenters. The fraction of sp³-hybridized carbons (Fsp3) is 0.389. The fourth-order valence-electron chi connectivity index (χ4n) is 4.18. The highest BCUT2D eigenvalue weighted by molar-refractivity contribution is 8.27. The molecule has 4 rings (SSSR count). The monoisotopic (exact) mass is 358 g/mol. The fourth-order valence-corrected chi connectivity index (χ4v) is 5.29. The van der Waals surface area contributed by atoms with Crippen LogP contribution in [-0.2, 0) is 9.59 Å². The first kappa shape index (κ1) is 15.8. The molecular weight excluding hydrogens is 340 g/mol. The molecule has 0 aliphatic carbocycles. The van der Waals surface area contributed by atoms with Crippen LogP contribution in [0.4, 0.5) is 5.69 Å². The number of hydrogen-bond acceptors (Lipinski definition) is 4. The van der Waals surface area contributed by atoms with Gasteiger partial charge in [-0.2, -0.15) is 0 Å². The number of amides is 2. The maximum Gasteiger partial charge on any atom is 0.264 e. The molecule has 4 nitrogen and oxygen atoms in total. The van der Waals surface area contributed by atoms with Gasteiger partial charge in [0.15, 0.2) is 0 Å². The molecule has 0 spiro atoms. The van der Waals surface area contributed by atoms with Gasteiger partial charge in [-0.05, 0) is 44.7 Å². The topological polar surface area (TPSA) is 49.4 Å². The first-order valence-corrected chi connectivity index (χ1v) is 9.20. The summed E-state index contributed by atoms with van der Waals surface area (Å²) in [5.41, 5.74) is 4.36. The molecule has 3 aliphatic rings. The van der Waals surface area contributed by atoms with Crippen molar-refractivity contribution >= 4 is 51.4 Å². The normalized spacial score (nSPS) is 27.6. The van der Waals surface area contributed by atoms with Gasteiger partial charge >= 0.3 is 0 Å². The molecule has 0 bridgehead atoms. The average Bonchev–Trinajstić information content (AvgIpc) is 2.92. The van der Waals surface area contributed by atoms with Crippen LogP contribution in [0, 0.1) is 6.92 Å². The molecule has 124 valence electrons. The number of carbonyl (C=O) groups excluding carboxylic acids is 2. The second kappa shape index (κ2) is 4.92. The molecule has 1 atom stereocenters. The Labute approximate surface area is 150 Å². The predicted molar refractivity (Wildman–Crippen MR) is 101 cm³/mol. The minimum Gasteiger partial charge on any atom is -0.307 e. The maximum atomic E-state index is 13.3. The highest BCUT2D eigenvalue weighted by Crippen LogP contribution is 2.53. The lowest BCUT2D eigenvalue weighted by Crippen LogP contribution is -2.49. The summed E-state index contributed by atoms with van der Waals surface area (Å²) < 4.78 is 0.408. The third-order valence-corrected chi connectivity index (χ3v) is 6.21. The number of thioether (sulfide) groups is 1. The molecule has 2 amide bonds. The number of benzene rings is 1. The zero-order valence-corrected chi connectivity index (χ0v) is 15.7. The van der Waals surface area contributed by atoms with Gasteiger partial charge in [0.1, 0.15) is 4.32 Å². The van der Waals surface area contributed by atoms with E-state index in [2.05, 4.69) is 32.2 Å². The third kappa shape index (κ3) is 2.02. The first-order valence-electron chi connectivity index (χ1n) is 7.97. The van der Waals surface area contributed by atoms with Gasteiger partial charge in [0.05, 0.1) is 16.2 Å². The molecule has 1 N–H and O–H groups in total. The highest BCUT2D eigenvalue weighted by atomic mass is 32.2. The van der Waals surface area contributed by atoms with Crippen molar-refractivity contribution in [1.29, 1.82) is 0 Å². The number of carbonyl (C=O) groups is 2. The van der Waals surface area contributed by atoms with Gasteiger partial charge in [-0.25, -0.2) is 0 Å². The van der Waals surface area contributed by atoms with Crippen LogP contribution in [-0.4, -0.2) is 21.7 Å². The van der Waals surface area contributed by atoms with Crippen molar-refractivity contribution in [2.24, 2.45) is 0 Å². The van der Waals surface area contributed by atoms with Crippen LogP contribution in [0.5, 0.6) is 0 Å². The van der Waals surface area contributed by atoms with E-state index in [4.69, 9.17) is 12.2 Å². The Morgan fingerprint density at radius 1 is 1.33 bits per heavy atom. The van der Waals surface area contributed by atoms with Crippen molar-refractivity contribution < 1.29 is 9.59 Å². The first-order chi connectivity index (χ1) is 11.2. The van der Waals surface area contributed by atoms with E-state index in [1.165, 1.54) is 17.3 Å². The van der Waals surface area contributed by atoms with Crippen molar-refractivity contribution in [1.82, 2.24) is 5.32 Å². The summed E-state index contributed by atoms with van der Waals surface area (Å²) in [4.78, 5) is 27.9. The average molecular weight is 358 g/mol. The minimum atomic E-state index is -0.282. The Balaban J connectivity index is 2.06. The molecule has 3 aliphatic heterocycles. The maximum absolute atomic E-state index is 13.3. The van der Waals surface area contributed by atoms with Crippen molar-refractivity contribution in [3.63, 3.8) is 0 Å². The predicted octanol–water partition coefficient (Wildman–Crippen LogP) is 3.49. The van der Waals surface area contributed by atoms with Crippen molar-refractivity contribution in [3.8, 4) is 0 Å². The number of thiocarbonyl (C=S) groups is 1. The molecule has 1 fully saturated rings. The molecule has 24 heavy (non-hydrogen) atoms. The molecule has 1 saturated heterocycles. The summed E-state index contributed by atoms with van der Waals surface area (Å²) in [7, 11) is 0. The van der Waals surface area contributed by atoms with E-state index in [0.717, 1.165) is 23.2 Å². The largest absolute Gasteiger partial charge is 0.307 e. The molecule has 0 aromatic heterocycles. The smallest absolute Gasteiger partial charge is 0.264 e. The summed E-state index contributed by atoms with van der Waals surface area (Å²) in [6, 6.07) is 4.18. The summed E-state index contributed by atoms with van der Waals surface area (Å²) in [6.07, 6.45) is 0.898.